The van der Waals surface area contributed by atoms with E-state index in [1.165, 1.54) is 0 Å². The Morgan fingerprint density at radius 3 is 2.62 bits per heavy atom. The van der Waals surface area contributed by atoms with Crippen LogP contribution >= 0.6 is 0 Å². The number of hydrogen-bond donors (Lipinski definition) is 4. The van der Waals surface area contributed by atoms with Crippen molar-refractivity contribution < 1.29 is 24.6 Å². The quantitative estimate of drug-likeness (QED) is 0.515. The van der Waals surface area contributed by atoms with Gasteiger partial charge in [0.05, 0.1) is 6.42 Å². The maximum Gasteiger partial charge on any atom is 0.325 e. The van der Waals surface area contributed by atoms with Crippen molar-refractivity contribution >= 4 is 34.4 Å². The Bertz CT molecular complexity index is 1070. The number of aromatic nitrogens is 1. The first-order valence-corrected chi connectivity index (χ1v) is 11.1. The summed E-state index contributed by atoms with van der Waals surface area (Å²) in [6.45, 7) is 7.54. The second-order valence-corrected chi connectivity index (χ2v) is 10.6. The third-order valence-corrected chi connectivity index (χ3v) is 6.88. The van der Waals surface area contributed by atoms with E-state index in [9.17, 15) is 19.5 Å². The molecule has 8 nitrogen and oxygen atoms in total. The molecule has 32 heavy (non-hydrogen) atoms. The Kier molecular flexibility index (Phi) is 5.53. The van der Waals surface area contributed by atoms with Crippen molar-refractivity contribution in [1.82, 2.24) is 9.88 Å². The van der Waals surface area contributed by atoms with Gasteiger partial charge in [-0.15, -0.1) is 0 Å². The van der Waals surface area contributed by atoms with Gasteiger partial charge in [-0.1, -0.05) is 20.8 Å². The molecule has 172 valence electrons. The highest BCUT2D eigenvalue weighted by molar-refractivity contribution is 5.96. The molecule has 2 aromatic rings. The number of aliphatic carboxylic acids is 2. The molecule has 1 saturated heterocycles. The van der Waals surface area contributed by atoms with Crippen molar-refractivity contribution in [2.24, 2.45) is 10.8 Å². The topological polar surface area (TPSA) is 123 Å². The molecular weight excluding hydrogens is 410 g/mol. The maximum absolute atomic E-state index is 12.5. The molecule has 4 rings (SSSR count). The lowest BCUT2D eigenvalue weighted by Gasteiger charge is -2.40. The minimum absolute atomic E-state index is 0.107. The zero-order chi connectivity index (χ0) is 23.3. The maximum atomic E-state index is 12.5. The highest BCUT2D eigenvalue weighted by atomic mass is 16.4. The summed E-state index contributed by atoms with van der Waals surface area (Å²) in [7, 11) is 0. The molecular formula is C24H31N3O5. The van der Waals surface area contributed by atoms with Crippen LogP contribution in [0.4, 0.5) is 5.69 Å². The van der Waals surface area contributed by atoms with Crippen LogP contribution in [0.25, 0.3) is 10.9 Å². The number of nitrogens with one attached hydrogen (secondary N) is 2. The van der Waals surface area contributed by atoms with Crippen LogP contribution in [-0.4, -0.2) is 50.5 Å². The largest absolute Gasteiger partial charge is 0.481 e. The molecule has 0 spiro atoms. The van der Waals surface area contributed by atoms with E-state index < -0.39 is 18.0 Å². The SMILES string of the molecule is CC1(C)C[C@H]2C[C@@](C)(CN2[C@H](C(=O)O)c2c[nH]c3ccc(NC(=O)CCC(=O)O)cc23)C1. The number of carboxylic acids is 2. The fourth-order valence-electron chi connectivity index (χ4n) is 6.15. The van der Waals surface area contributed by atoms with Crippen molar-refractivity contribution in [3.05, 3.63) is 30.0 Å². The van der Waals surface area contributed by atoms with E-state index in [-0.39, 0.29) is 35.6 Å². The normalized spacial score (nSPS) is 25.5. The summed E-state index contributed by atoms with van der Waals surface area (Å²) in [4.78, 5) is 40.6. The number of carbonyl (C=O) groups is 3. The molecule has 8 heteroatoms. The molecule has 0 unspecified atom stereocenters. The number of hydrogen-bond acceptors (Lipinski definition) is 4. The van der Waals surface area contributed by atoms with Gasteiger partial charge in [0.15, 0.2) is 0 Å². The van der Waals surface area contributed by atoms with Gasteiger partial charge in [0.2, 0.25) is 5.91 Å². The highest BCUT2D eigenvalue weighted by Crippen LogP contribution is 2.54. The summed E-state index contributed by atoms with van der Waals surface area (Å²) in [6, 6.07) is 4.74. The minimum atomic E-state index is -1.03. The van der Waals surface area contributed by atoms with Crippen molar-refractivity contribution in [2.45, 2.75) is 65.0 Å². The van der Waals surface area contributed by atoms with Crippen LogP contribution in [0, 0.1) is 10.8 Å². The van der Waals surface area contributed by atoms with Crippen LogP contribution in [0.15, 0.2) is 24.4 Å². The molecule has 2 fully saturated rings. The lowest BCUT2D eigenvalue weighted by atomic mass is 9.65. The van der Waals surface area contributed by atoms with Gasteiger partial charge in [0.25, 0.3) is 0 Å². The number of anilines is 1. The van der Waals surface area contributed by atoms with Crippen molar-refractivity contribution in [1.29, 1.82) is 0 Å². The molecule has 3 atom stereocenters. The Morgan fingerprint density at radius 2 is 1.94 bits per heavy atom. The number of carboxylic acid groups (broad SMARTS) is 2. The molecule has 1 aromatic carbocycles. The number of fused-ring (bicyclic) bond motifs is 3. The van der Waals surface area contributed by atoms with Gasteiger partial charge in [-0.25, -0.2) is 0 Å². The number of likely N-dealkylation sites (tertiary alicyclic amines) is 1. The van der Waals surface area contributed by atoms with Gasteiger partial charge >= 0.3 is 11.9 Å². The summed E-state index contributed by atoms with van der Waals surface area (Å²) in [5, 5.41) is 22.5. The monoisotopic (exact) mass is 441 g/mol. The lowest BCUT2D eigenvalue weighted by molar-refractivity contribution is -0.144. The lowest BCUT2D eigenvalue weighted by Crippen LogP contribution is -2.39. The number of aromatic amines is 1. The first-order chi connectivity index (χ1) is 15.0. The summed E-state index contributed by atoms with van der Waals surface area (Å²) < 4.78 is 0. The van der Waals surface area contributed by atoms with Crippen LogP contribution in [-0.2, 0) is 14.4 Å². The zero-order valence-corrected chi connectivity index (χ0v) is 18.8. The van der Waals surface area contributed by atoms with Gasteiger partial charge in [0, 0.05) is 47.4 Å². The second kappa shape index (κ2) is 7.92. The fourth-order valence-corrected chi connectivity index (χ4v) is 6.15. The molecule has 1 aromatic heterocycles. The van der Waals surface area contributed by atoms with Crippen molar-refractivity contribution in [3.8, 4) is 0 Å². The van der Waals surface area contributed by atoms with Crippen LogP contribution in [0.2, 0.25) is 0 Å². The molecule has 1 amide bonds. The zero-order valence-electron chi connectivity index (χ0n) is 18.8. The summed E-state index contributed by atoms with van der Waals surface area (Å²) >= 11 is 0. The van der Waals surface area contributed by atoms with Crippen molar-refractivity contribution in [3.63, 3.8) is 0 Å². The number of nitrogens with zero attached hydrogens (tertiary/aromatic N) is 1. The molecule has 1 aliphatic carbocycles. The highest BCUT2D eigenvalue weighted by Gasteiger charge is 2.52. The van der Waals surface area contributed by atoms with E-state index in [4.69, 9.17) is 5.11 Å². The summed E-state index contributed by atoms with van der Waals surface area (Å²) in [5.74, 6) is -2.29. The number of rotatable bonds is 7. The first kappa shape index (κ1) is 22.3. The first-order valence-electron chi connectivity index (χ1n) is 11.1. The van der Waals surface area contributed by atoms with Crippen LogP contribution < -0.4 is 5.32 Å². The number of amides is 1. The average Bonchev–Trinajstić information content (AvgIpc) is 3.17. The van der Waals surface area contributed by atoms with Crippen molar-refractivity contribution in [2.75, 3.05) is 11.9 Å². The Labute approximate surface area is 187 Å². The van der Waals surface area contributed by atoms with E-state index in [1.807, 2.05) is 0 Å². The van der Waals surface area contributed by atoms with E-state index in [0.717, 1.165) is 36.7 Å². The third-order valence-electron chi connectivity index (χ3n) is 6.88. The molecule has 2 heterocycles. The van der Waals surface area contributed by atoms with Crippen LogP contribution in [0.3, 0.4) is 0 Å². The van der Waals surface area contributed by atoms with E-state index >= 15 is 0 Å². The number of H-pyrrole nitrogens is 1. The smallest absolute Gasteiger partial charge is 0.325 e. The van der Waals surface area contributed by atoms with Gasteiger partial charge in [0.1, 0.15) is 6.04 Å². The minimum Gasteiger partial charge on any atom is -0.481 e. The van der Waals surface area contributed by atoms with Gasteiger partial charge in [-0.3, -0.25) is 19.3 Å². The fraction of sp³-hybridized carbons (Fsp3) is 0.542. The predicted octanol–water partition coefficient (Wildman–Crippen LogP) is 4.00. The van der Waals surface area contributed by atoms with Gasteiger partial charge in [-0.2, -0.15) is 0 Å². The third kappa shape index (κ3) is 4.37. The molecule has 1 saturated carbocycles. The Balaban J connectivity index is 1.64. The predicted molar refractivity (Wildman–Crippen MR) is 120 cm³/mol. The average molecular weight is 442 g/mol. The molecule has 2 aliphatic rings. The van der Waals surface area contributed by atoms with Crippen LogP contribution in [0.1, 0.15) is 64.5 Å². The molecule has 4 N–H and O–H groups in total. The summed E-state index contributed by atoms with van der Waals surface area (Å²) in [5.41, 5.74) is 2.29. The van der Waals surface area contributed by atoms with E-state index in [2.05, 4.69) is 36.0 Å². The Morgan fingerprint density at radius 1 is 1.19 bits per heavy atom. The standard InChI is InChI=1S/C24H31N3O5/c1-23(2)9-15-10-24(3,12-23)13-27(15)21(22(31)32)17-11-25-18-5-4-14(8-16(17)18)26-19(28)6-7-20(29)30/h4-5,8,11,15,21,25H,6-7,9-10,12-13H2,1-3H3,(H,26,28)(H,29,30)(H,31,32)/t15-,21-,24+/m0/s1. The van der Waals surface area contributed by atoms with E-state index in [1.54, 1.807) is 24.4 Å². The summed E-state index contributed by atoms with van der Waals surface area (Å²) in [6.07, 6.45) is 4.47. The van der Waals surface area contributed by atoms with E-state index in [0.29, 0.717) is 11.3 Å². The molecule has 2 bridgehead atoms. The van der Waals surface area contributed by atoms with Gasteiger partial charge < -0.3 is 20.5 Å². The number of carbonyl (C=O) groups excluding carboxylic acids is 1. The van der Waals surface area contributed by atoms with Gasteiger partial charge in [-0.05, 0) is 48.3 Å². The Hall–Kier alpha value is -2.87. The molecule has 0 radical (unpaired) electrons. The van der Waals surface area contributed by atoms with Crippen LogP contribution in [0.5, 0.6) is 0 Å². The number of benzene rings is 1. The second-order valence-electron chi connectivity index (χ2n) is 10.6. The molecule has 1 aliphatic heterocycles.